The van der Waals surface area contributed by atoms with E-state index in [2.05, 4.69) is 4.72 Å². The Balaban J connectivity index is 1.79. The molecule has 1 heterocycles. The number of benzene rings is 2. The quantitative estimate of drug-likeness (QED) is 0.515. The number of hydrogen-bond acceptors (Lipinski definition) is 4. The average molecular weight is 451 g/mol. The van der Waals surface area contributed by atoms with Gasteiger partial charge in [0.15, 0.2) is 0 Å². The van der Waals surface area contributed by atoms with Crippen LogP contribution in [-0.4, -0.2) is 36.2 Å². The molecule has 158 valence electrons. The molecule has 0 aliphatic rings. The molecule has 6 nitrogen and oxygen atoms in total. The Morgan fingerprint density at radius 2 is 1.83 bits per heavy atom. The van der Waals surface area contributed by atoms with Crippen molar-refractivity contribution in [2.75, 3.05) is 17.1 Å². The molecular weight excluding hydrogens is 431 g/mol. The van der Waals surface area contributed by atoms with Gasteiger partial charge in [0.2, 0.25) is 15.8 Å². The first-order chi connectivity index (χ1) is 14.2. The summed E-state index contributed by atoms with van der Waals surface area (Å²) >= 11 is 5.86. The predicted molar refractivity (Wildman–Crippen MR) is 114 cm³/mol. The molecule has 9 heteroatoms. The Morgan fingerprint density at radius 3 is 2.47 bits per heavy atom. The molecule has 30 heavy (non-hydrogen) atoms. The summed E-state index contributed by atoms with van der Waals surface area (Å²) in [5.41, 5.74) is 2.11. The monoisotopic (exact) mass is 450 g/mol. The minimum absolute atomic E-state index is 0.0789. The fourth-order valence-electron chi connectivity index (χ4n) is 3.01. The maximum absolute atomic E-state index is 14.5. The fourth-order valence-corrected chi connectivity index (χ4v) is 3.96. The highest BCUT2D eigenvalue weighted by Crippen LogP contribution is 2.21. The molecule has 3 rings (SSSR count). The number of halogens is 2. The lowest BCUT2D eigenvalue weighted by atomic mass is 10.1. The van der Waals surface area contributed by atoms with Gasteiger partial charge in [-0.05, 0) is 54.1 Å². The summed E-state index contributed by atoms with van der Waals surface area (Å²) in [4.78, 5) is 12.7. The van der Waals surface area contributed by atoms with Gasteiger partial charge in [-0.3, -0.25) is 9.52 Å². The van der Waals surface area contributed by atoms with E-state index in [-0.39, 0.29) is 17.9 Å². The van der Waals surface area contributed by atoms with Crippen molar-refractivity contribution in [1.29, 1.82) is 0 Å². The fraction of sp³-hybridized carbons (Fsp3) is 0.190. The van der Waals surface area contributed by atoms with Crippen LogP contribution >= 0.6 is 11.6 Å². The summed E-state index contributed by atoms with van der Waals surface area (Å²) in [6.07, 6.45) is 0.222. The third kappa shape index (κ3) is 5.08. The predicted octanol–water partition coefficient (Wildman–Crippen LogP) is 3.37. The molecule has 0 saturated carbocycles. The number of nitrogens with one attached hydrogen (secondary N) is 1. The van der Waals surface area contributed by atoms with Crippen molar-refractivity contribution >= 4 is 33.1 Å². The number of ketones is 1. The van der Waals surface area contributed by atoms with E-state index in [1.54, 1.807) is 48.0 Å². The molecular formula is C21H20ClFN2O4S. The maximum Gasteiger partial charge on any atom is 0.234 e. The zero-order chi connectivity index (χ0) is 21.9. The van der Waals surface area contributed by atoms with Gasteiger partial charge in [0, 0.05) is 29.7 Å². The van der Waals surface area contributed by atoms with Gasteiger partial charge in [0.1, 0.15) is 5.82 Å². The molecule has 0 amide bonds. The van der Waals surface area contributed by atoms with Gasteiger partial charge in [-0.25, -0.2) is 12.8 Å². The summed E-state index contributed by atoms with van der Waals surface area (Å²) in [6, 6.07) is 14.0. The molecule has 0 unspecified atom stereocenters. The number of aromatic nitrogens is 1. The molecule has 0 aliphatic carbocycles. The molecule has 0 spiro atoms. The highest BCUT2D eigenvalue weighted by atomic mass is 35.5. The van der Waals surface area contributed by atoms with Gasteiger partial charge in [0.05, 0.1) is 23.7 Å². The minimum Gasteiger partial charge on any atom is -0.395 e. The van der Waals surface area contributed by atoms with Gasteiger partial charge in [-0.15, -0.1) is 0 Å². The largest absolute Gasteiger partial charge is 0.395 e. The van der Waals surface area contributed by atoms with Crippen LogP contribution < -0.4 is 4.72 Å². The Kier molecular flexibility index (Phi) is 6.60. The van der Waals surface area contributed by atoms with Crippen molar-refractivity contribution in [1.82, 2.24) is 4.57 Å². The van der Waals surface area contributed by atoms with Crippen LogP contribution in [0.15, 0.2) is 54.6 Å². The zero-order valence-electron chi connectivity index (χ0n) is 16.1. The first kappa shape index (κ1) is 22.0. The van der Waals surface area contributed by atoms with Gasteiger partial charge in [-0.1, -0.05) is 17.7 Å². The lowest BCUT2D eigenvalue weighted by Gasteiger charge is -2.11. The van der Waals surface area contributed by atoms with Crippen molar-refractivity contribution in [3.8, 4) is 0 Å². The summed E-state index contributed by atoms with van der Waals surface area (Å²) in [6.45, 7) is -0.527. The Morgan fingerprint density at radius 1 is 1.13 bits per heavy atom. The maximum atomic E-state index is 14.5. The molecule has 0 saturated heterocycles. The molecule has 0 aliphatic heterocycles. The summed E-state index contributed by atoms with van der Waals surface area (Å²) in [7, 11) is -2.00. The number of hydrogen-bond donors (Lipinski definition) is 2. The van der Waals surface area contributed by atoms with Crippen LogP contribution in [0.4, 0.5) is 10.1 Å². The van der Waals surface area contributed by atoms with Gasteiger partial charge in [0.25, 0.3) is 0 Å². The lowest BCUT2D eigenvalue weighted by molar-refractivity contribution is 0.103. The first-order valence-electron chi connectivity index (χ1n) is 9.05. The normalized spacial score (nSPS) is 11.5. The smallest absolute Gasteiger partial charge is 0.234 e. The standard InChI is InChI=1S/C21H20ClFN2O4S/c1-25-18(8-9-20(25)21(27)14-2-5-16(22)6-3-14)12-15-4-7-17(13-19(15)23)24-30(28,29)11-10-26/h2-9,13,24,26H,10-12H2,1H3. The van der Waals surface area contributed by atoms with E-state index >= 15 is 0 Å². The second kappa shape index (κ2) is 8.99. The van der Waals surface area contributed by atoms with E-state index in [0.717, 1.165) is 11.8 Å². The van der Waals surface area contributed by atoms with Gasteiger partial charge in [-0.2, -0.15) is 0 Å². The first-order valence-corrected chi connectivity index (χ1v) is 11.1. The number of rotatable bonds is 8. The molecule has 2 N–H and O–H groups in total. The van der Waals surface area contributed by atoms with E-state index in [9.17, 15) is 17.6 Å². The van der Waals surface area contributed by atoms with E-state index < -0.39 is 28.2 Å². The number of sulfonamides is 1. The Hall–Kier alpha value is -2.68. The van der Waals surface area contributed by atoms with Crippen LogP contribution in [0.2, 0.25) is 5.02 Å². The van der Waals surface area contributed by atoms with E-state index in [1.807, 2.05) is 0 Å². The number of aliphatic hydroxyl groups excluding tert-OH is 1. The Bertz CT molecular complexity index is 1170. The third-order valence-corrected chi connectivity index (χ3v) is 6.14. The van der Waals surface area contributed by atoms with Gasteiger partial charge < -0.3 is 9.67 Å². The Labute approximate surface area is 179 Å². The second-order valence-electron chi connectivity index (χ2n) is 6.73. The lowest BCUT2D eigenvalue weighted by Crippen LogP contribution is -2.19. The van der Waals surface area contributed by atoms with Crippen LogP contribution in [0, 0.1) is 5.82 Å². The van der Waals surface area contributed by atoms with Crippen molar-refractivity contribution < 1.29 is 22.7 Å². The van der Waals surface area contributed by atoms with Crippen molar-refractivity contribution in [2.45, 2.75) is 6.42 Å². The molecule has 0 bridgehead atoms. The summed E-state index contributed by atoms with van der Waals surface area (Å²) in [5, 5.41) is 9.31. The van der Waals surface area contributed by atoms with E-state index in [4.69, 9.17) is 16.7 Å². The van der Waals surface area contributed by atoms with E-state index in [1.165, 1.54) is 12.1 Å². The molecule has 0 radical (unpaired) electrons. The van der Waals surface area contributed by atoms with Gasteiger partial charge >= 0.3 is 0 Å². The molecule has 0 atom stereocenters. The van der Waals surface area contributed by atoms with Crippen molar-refractivity contribution in [3.63, 3.8) is 0 Å². The molecule has 0 fully saturated rings. The number of nitrogens with zero attached hydrogens (tertiary/aromatic N) is 1. The van der Waals surface area contributed by atoms with Crippen molar-refractivity contribution in [2.24, 2.45) is 7.05 Å². The number of anilines is 1. The number of aliphatic hydroxyl groups is 1. The highest BCUT2D eigenvalue weighted by Gasteiger charge is 2.16. The summed E-state index contributed by atoms with van der Waals surface area (Å²) < 4.78 is 41.8. The molecule has 2 aromatic carbocycles. The van der Waals surface area contributed by atoms with Crippen LogP contribution in [0.1, 0.15) is 27.3 Å². The van der Waals surface area contributed by atoms with Crippen LogP contribution in [0.5, 0.6) is 0 Å². The van der Waals surface area contributed by atoms with Crippen molar-refractivity contribution in [3.05, 3.63) is 88.0 Å². The molecule has 1 aromatic heterocycles. The number of carbonyl (C=O) groups is 1. The van der Waals surface area contributed by atoms with Crippen LogP contribution in [-0.2, 0) is 23.5 Å². The second-order valence-corrected chi connectivity index (χ2v) is 9.01. The topological polar surface area (TPSA) is 88.4 Å². The number of carbonyl (C=O) groups excluding carboxylic acids is 1. The molecule has 3 aromatic rings. The third-order valence-electron chi connectivity index (χ3n) is 4.62. The van der Waals surface area contributed by atoms with Crippen LogP contribution in [0.3, 0.4) is 0 Å². The minimum atomic E-state index is -3.73. The van der Waals surface area contributed by atoms with E-state index in [0.29, 0.717) is 21.8 Å². The highest BCUT2D eigenvalue weighted by molar-refractivity contribution is 7.92. The SMILES string of the molecule is Cn1c(Cc2ccc(NS(=O)(=O)CCO)cc2F)ccc1C(=O)c1ccc(Cl)cc1. The average Bonchev–Trinajstić information content (AvgIpc) is 3.04. The summed E-state index contributed by atoms with van der Waals surface area (Å²) in [5.74, 6) is -1.22. The van der Waals surface area contributed by atoms with Crippen LogP contribution in [0.25, 0.3) is 0 Å². The zero-order valence-corrected chi connectivity index (χ0v) is 17.7.